The molecule has 0 amide bonds. The first-order valence-corrected chi connectivity index (χ1v) is 6.41. The summed E-state index contributed by atoms with van der Waals surface area (Å²) in [5.41, 5.74) is 6.40. The van der Waals surface area contributed by atoms with Gasteiger partial charge in [0, 0.05) is 12.6 Å². The molecule has 2 nitrogen and oxygen atoms in total. The van der Waals surface area contributed by atoms with Crippen molar-refractivity contribution in [3.8, 4) is 0 Å². The van der Waals surface area contributed by atoms with E-state index in [4.69, 9.17) is 5.73 Å². The van der Waals surface area contributed by atoms with Crippen LogP contribution in [-0.2, 0) is 0 Å². The first kappa shape index (κ1) is 13.0. The monoisotopic (exact) mass is 212 g/mol. The first-order valence-electron chi connectivity index (χ1n) is 6.41. The van der Waals surface area contributed by atoms with Crippen molar-refractivity contribution in [3.63, 3.8) is 0 Å². The van der Waals surface area contributed by atoms with E-state index in [1.165, 1.54) is 32.2 Å². The van der Waals surface area contributed by atoms with Gasteiger partial charge >= 0.3 is 0 Å². The highest BCUT2D eigenvalue weighted by Gasteiger charge is 2.34. The van der Waals surface area contributed by atoms with Gasteiger partial charge in [-0.1, -0.05) is 26.7 Å². The van der Waals surface area contributed by atoms with Gasteiger partial charge in [-0.25, -0.2) is 0 Å². The smallest absolute Gasteiger partial charge is 0.00871 e. The van der Waals surface area contributed by atoms with E-state index < -0.39 is 0 Å². The number of hydrogen-bond donors (Lipinski definition) is 1. The number of rotatable bonds is 5. The summed E-state index contributed by atoms with van der Waals surface area (Å²) < 4.78 is 0. The molecule has 0 bridgehead atoms. The van der Waals surface area contributed by atoms with Crippen molar-refractivity contribution in [1.29, 1.82) is 0 Å². The Hall–Kier alpha value is -0.0800. The molecule has 2 heteroatoms. The molecule has 2 N–H and O–H groups in total. The molecule has 1 aliphatic rings. The largest absolute Gasteiger partial charge is 0.330 e. The Kier molecular flexibility index (Phi) is 4.60. The van der Waals surface area contributed by atoms with E-state index in [1.807, 2.05) is 0 Å². The second kappa shape index (κ2) is 5.31. The minimum Gasteiger partial charge on any atom is -0.330 e. The van der Waals surface area contributed by atoms with Gasteiger partial charge < -0.3 is 10.6 Å². The molecular weight excluding hydrogens is 184 g/mol. The second-order valence-electron chi connectivity index (χ2n) is 5.81. The SMILES string of the molecule is CC(C)C(C)N(C)CC1(CN)CCCC1. The fourth-order valence-corrected chi connectivity index (χ4v) is 2.73. The van der Waals surface area contributed by atoms with Crippen molar-refractivity contribution in [1.82, 2.24) is 4.90 Å². The van der Waals surface area contributed by atoms with Crippen LogP contribution in [0.15, 0.2) is 0 Å². The van der Waals surface area contributed by atoms with Crippen molar-refractivity contribution in [2.75, 3.05) is 20.1 Å². The third-order valence-corrected chi connectivity index (χ3v) is 4.34. The molecule has 0 radical (unpaired) electrons. The molecule has 15 heavy (non-hydrogen) atoms. The summed E-state index contributed by atoms with van der Waals surface area (Å²) in [4.78, 5) is 2.50. The third kappa shape index (κ3) is 3.18. The van der Waals surface area contributed by atoms with E-state index in [0.717, 1.165) is 12.5 Å². The van der Waals surface area contributed by atoms with Crippen LogP contribution in [0.4, 0.5) is 0 Å². The normalized spacial score (nSPS) is 22.6. The minimum atomic E-state index is 0.428. The van der Waals surface area contributed by atoms with Gasteiger partial charge in [0.1, 0.15) is 0 Å². The molecule has 1 atom stereocenters. The van der Waals surface area contributed by atoms with Crippen molar-refractivity contribution in [2.45, 2.75) is 52.5 Å². The molecular formula is C13H28N2. The van der Waals surface area contributed by atoms with Crippen LogP contribution in [0.25, 0.3) is 0 Å². The van der Waals surface area contributed by atoms with E-state index in [0.29, 0.717) is 11.5 Å². The molecule has 0 aromatic rings. The Morgan fingerprint density at radius 2 is 1.73 bits per heavy atom. The average molecular weight is 212 g/mol. The maximum Gasteiger partial charge on any atom is 0.00871 e. The van der Waals surface area contributed by atoms with Crippen LogP contribution in [0.3, 0.4) is 0 Å². The lowest BCUT2D eigenvalue weighted by Crippen LogP contribution is -2.44. The Balaban J connectivity index is 2.51. The second-order valence-corrected chi connectivity index (χ2v) is 5.81. The van der Waals surface area contributed by atoms with Crippen LogP contribution < -0.4 is 5.73 Å². The highest BCUT2D eigenvalue weighted by molar-refractivity contribution is 4.89. The predicted molar refractivity (Wildman–Crippen MR) is 66.9 cm³/mol. The van der Waals surface area contributed by atoms with Crippen molar-refractivity contribution in [3.05, 3.63) is 0 Å². The Labute approximate surface area is 95.2 Å². The van der Waals surface area contributed by atoms with Gasteiger partial charge in [-0.2, -0.15) is 0 Å². The van der Waals surface area contributed by atoms with Gasteiger partial charge in [0.2, 0.25) is 0 Å². The summed E-state index contributed by atoms with van der Waals surface area (Å²) in [6, 6.07) is 0.661. The van der Waals surface area contributed by atoms with Gasteiger partial charge in [0.15, 0.2) is 0 Å². The highest BCUT2D eigenvalue weighted by Crippen LogP contribution is 2.38. The highest BCUT2D eigenvalue weighted by atomic mass is 15.1. The molecule has 1 aliphatic carbocycles. The van der Waals surface area contributed by atoms with Gasteiger partial charge in [-0.15, -0.1) is 0 Å². The van der Waals surface area contributed by atoms with Crippen LogP contribution in [0.2, 0.25) is 0 Å². The van der Waals surface area contributed by atoms with Crippen LogP contribution in [-0.4, -0.2) is 31.1 Å². The molecule has 1 fully saturated rings. The summed E-state index contributed by atoms with van der Waals surface area (Å²) in [5, 5.41) is 0. The molecule has 1 saturated carbocycles. The molecule has 0 saturated heterocycles. The quantitative estimate of drug-likeness (QED) is 0.758. The fourth-order valence-electron chi connectivity index (χ4n) is 2.73. The summed E-state index contributed by atoms with van der Waals surface area (Å²) in [6.07, 6.45) is 5.42. The van der Waals surface area contributed by atoms with Crippen LogP contribution in [0, 0.1) is 11.3 Å². The third-order valence-electron chi connectivity index (χ3n) is 4.34. The van der Waals surface area contributed by atoms with Gasteiger partial charge in [-0.3, -0.25) is 0 Å². The van der Waals surface area contributed by atoms with Gasteiger partial charge in [0.05, 0.1) is 0 Å². The lowest BCUT2D eigenvalue weighted by molar-refractivity contribution is 0.126. The molecule has 0 spiro atoms. The zero-order valence-corrected chi connectivity index (χ0v) is 10.9. The maximum absolute atomic E-state index is 5.97. The molecule has 0 heterocycles. The summed E-state index contributed by atoms with van der Waals surface area (Å²) >= 11 is 0. The number of nitrogens with zero attached hydrogens (tertiary/aromatic N) is 1. The standard InChI is InChI=1S/C13H28N2/c1-11(2)12(3)15(4)10-13(9-14)7-5-6-8-13/h11-12H,5-10,14H2,1-4H3. The molecule has 0 aliphatic heterocycles. The zero-order chi connectivity index (χ0) is 11.5. The lowest BCUT2D eigenvalue weighted by Gasteiger charge is -2.37. The van der Waals surface area contributed by atoms with Crippen LogP contribution in [0.1, 0.15) is 46.5 Å². The molecule has 0 aromatic heterocycles. The Morgan fingerprint density at radius 3 is 2.13 bits per heavy atom. The first-order chi connectivity index (χ1) is 7.01. The van der Waals surface area contributed by atoms with Gasteiger partial charge in [-0.05, 0) is 44.7 Å². The Bertz CT molecular complexity index is 183. The molecule has 0 aromatic carbocycles. The summed E-state index contributed by atoms with van der Waals surface area (Å²) in [6.45, 7) is 8.96. The fraction of sp³-hybridized carbons (Fsp3) is 1.00. The van der Waals surface area contributed by atoms with E-state index in [-0.39, 0.29) is 0 Å². The zero-order valence-electron chi connectivity index (χ0n) is 10.9. The van der Waals surface area contributed by atoms with E-state index in [1.54, 1.807) is 0 Å². The molecule has 1 unspecified atom stereocenters. The predicted octanol–water partition coefficient (Wildman–Crippen LogP) is 2.48. The van der Waals surface area contributed by atoms with Crippen molar-refractivity contribution >= 4 is 0 Å². The van der Waals surface area contributed by atoms with E-state index >= 15 is 0 Å². The maximum atomic E-state index is 5.97. The average Bonchev–Trinajstić information content (AvgIpc) is 2.65. The van der Waals surface area contributed by atoms with Crippen LogP contribution >= 0.6 is 0 Å². The van der Waals surface area contributed by atoms with Gasteiger partial charge in [0.25, 0.3) is 0 Å². The van der Waals surface area contributed by atoms with Crippen molar-refractivity contribution < 1.29 is 0 Å². The van der Waals surface area contributed by atoms with E-state index in [2.05, 4.69) is 32.7 Å². The molecule has 90 valence electrons. The number of nitrogens with two attached hydrogens (primary N) is 1. The Morgan fingerprint density at radius 1 is 1.20 bits per heavy atom. The summed E-state index contributed by atoms with van der Waals surface area (Å²) in [5.74, 6) is 0.728. The van der Waals surface area contributed by atoms with E-state index in [9.17, 15) is 0 Å². The van der Waals surface area contributed by atoms with Crippen molar-refractivity contribution in [2.24, 2.45) is 17.1 Å². The topological polar surface area (TPSA) is 29.3 Å². The number of hydrogen-bond acceptors (Lipinski definition) is 2. The molecule has 1 rings (SSSR count). The summed E-state index contributed by atoms with van der Waals surface area (Å²) in [7, 11) is 2.25. The lowest BCUT2D eigenvalue weighted by atomic mass is 9.85. The van der Waals surface area contributed by atoms with Crippen LogP contribution in [0.5, 0.6) is 0 Å². The minimum absolute atomic E-state index is 0.428.